The maximum atomic E-state index is 9.65. The quantitative estimate of drug-likeness (QED) is 0.896. The largest absolute Gasteiger partial charge is 0.393 e. The molecule has 2 N–H and O–H groups in total. The van der Waals surface area contributed by atoms with Crippen molar-refractivity contribution in [3.05, 3.63) is 23.8 Å². The highest BCUT2D eigenvalue weighted by atomic mass is 16.3. The summed E-state index contributed by atoms with van der Waals surface area (Å²) < 4.78 is 0. The molecule has 1 aromatic rings. The van der Waals surface area contributed by atoms with Crippen LogP contribution in [0.5, 0.6) is 0 Å². The number of nitriles is 1. The van der Waals surface area contributed by atoms with Gasteiger partial charge in [-0.3, -0.25) is 0 Å². The predicted octanol–water partition coefficient (Wildman–Crippen LogP) is 3.51. The third-order valence-electron chi connectivity index (χ3n) is 5.23. The summed E-state index contributed by atoms with van der Waals surface area (Å²) in [7, 11) is 0. The molecule has 0 bridgehead atoms. The molecular formula is C19H27N3O. The summed E-state index contributed by atoms with van der Waals surface area (Å²) in [6.07, 6.45) is 6.44. The van der Waals surface area contributed by atoms with Crippen LogP contribution in [0.3, 0.4) is 0 Å². The van der Waals surface area contributed by atoms with Gasteiger partial charge in [0.05, 0.1) is 17.4 Å². The van der Waals surface area contributed by atoms with Crippen molar-refractivity contribution >= 4 is 11.4 Å². The van der Waals surface area contributed by atoms with Crippen LogP contribution in [0.15, 0.2) is 18.2 Å². The van der Waals surface area contributed by atoms with E-state index in [9.17, 15) is 10.4 Å². The first kappa shape index (κ1) is 16.1. The Kier molecular flexibility index (Phi) is 5.07. The predicted molar refractivity (Wildman–Crippen MR) is 93.7 cm³/mol. The molecule has 4 nitrogen and oxygen atoms in total. The summed E-state index contributed by atoms with van der Waals surface area (Å²) >= 11 is 0. The Hall–Kier alpha value is -1.73. The summed E-state index contributed by atoms with van der Waals surface area (Å²) in [6, 6.07) is 9.02. The number of hydrogen-bond donors (Lipinski definition) is 2. The van der Waals surface area contributed by atoms with Crippen molar-refractivity contribution in [2.24, 2.45) is 5.92 Å². The van der Waals surface area contributed by atoms with Crippen molar-refractivity contribution in [1.82, 2.24) is 0 Å². The summed E-state index contributed by atoms with van der Waals surface area (Å²) in [5.74, 6) is 0.788. The van der Waals surface area contributed by atoms with Crippen LogP contribution < -0.4 is 10.2 Å². The first-order chi connectivity index (χ1) is 11.2. The van der Waals surface area contributed by atoms with Crippen molar-refractivity contribution in [1.29, 1.82) is 5.26 Å². The van der Waals surface area contributed by atoms with Crippen molar-refractivity contribution in [2.75, 3.05) is 23.3 Å². The van der Waals surface area contributed by atoms with E-state index in [1.54, 1.807) is 0 Å². The molecule has 0 amide bonds. The van der Waals surface area contributed by atoms with E-state index >= 15 is 0 Å². The first-order valence-electron chi connectivity index (χ1n) is 8.89. The average Bonchev–Trinajstić information content (AvgIpc) is 2.56. The van der Waals surface area contributed by atoms with Crippen LogP contribution >= 0.6 is 0 Å². The molecule has 0 spiro atoms. The average molecular weight is 313 g/mol. The van der Waals surface area contributed by atoms with Crippen LogP contribution in [0.25, 0.3) is 0 Å². The molecule has 1 heterocycles. The van der Waals surface area contributed by atoms with Gasteiger partial charge < -0.3 is 15.3 Å². The maximum Gasteiger partial charge on any atom is 0.101 e. The van der Waals surface area contributed by atoms with Crippen LogP contribution in [0.1, 0.15) is 51.0 Å². The van der Waals surface area contributed by atoms with E-state index in [1.165, 1.54) is 25.7 Å². The van der Waals surface area contributed by atoms with Crippen LogP contribution in [0, 0.1) is 17.2 Å². The third kappa shape index (κ3) is 3.97. The SMILES string of the molecule is CC1CCCC(Nc2ccc(N3CCC(O)CC3)c(C#N)c2)C1. The highest BCUT2D eigenvalue weighted by Gasteiger charge is 2.21. The lowest BCUT2D eigenvalue weighted by atomic mass is 9.87. The second-order valence-electron chi connectivity index (χ2n) is 7.17. The summed E-state index contributed by atoms with van der Waals surface area (Å²) in [6.45, 7) is 3.97. The number of aliphatic hydroxyl groups is 1. The number of piperidine rings is 1. The van der Waals surface area contributed by atoms with E-state index in [1.807, 2.05) is 6.07 Å². The van der Waals surface area contributed by atoms with E-state index in [-0.39, 0.29) is 6.10 Å². The highest BCUT2D eigenvalue weighted by Crippen LogP contribution is 2.30. The van der Waals surface area contributed by atoms with Gasteiger partial charge in [-0.25, -0.2) is 0 Å². The number of rotatable bonds is 3. The molecule has 2 aliphatic rings. The highest BCUT2D eigenvalue weighted by molar-refractivity contribution is 5.65. The summed E-state index contributed by atoms with van der Waals surface area (Å²) in [5.41, 5.74) is 2.79. The van der Waals surface area contributed by atoms with Gasteiger partial charge in [0.25, 0.3) is 0 Å². The first-order valence-corrected chi connectivity index (χ1v) is 8.89. The van der Waals surface area contributed by atoms with Crippen LogP contribution in [0.4, 0.5) is 11.4 Å². The topological polar surface area (TPSA) is 59.3 Å². The maximum absolute atomic E-state index is 9.65. The Morgan fingerprint density at radius 2 is 2.00 bits per heavy atom. The molecule has 0 aromatic heterocycles. The summed E-state index contributed by atoms with van der Waals surface area (Å²) in [5, 5.41) is 22.8. The molecule has 2 unspecified atom stereocenters. The second-order valence-corrected chi connectivity index (χ2v) is 7.17. The van der Waals surface area contributed by atoms with Gasteiger partial charge in [0, 0.05) is 24.8 Å². The normalized spacial score (nSPS) is 25.9. The Balaban J connectivity index is 1.71. The van der Waals surface area contributed by atoms with Gasteiger partial charge in [0.1, 0.15) is 6.07 Å². The fourth-order valence-electron chi connectivity index (χ4n) is 3.90. The van der Waals surface area contributed by atoms with Gasteiger partial charge in [-0.2, -0.15) is 5.26 Å². The third-order valence-corrected chi connectivity index (χ3v) is 5.23. The van der Waals surface area contributed by atoms with Crippen molar-refractivity contribution in [3.8, 4) is 6.07 Å². The zero-order valence-corrected chi connectivity index (χ0v) is 14.0. The molecule has 0 radical (unpaired) electrons. The zero-order chi connectivity index (χ0) is 16.2. The Bertz CT molecular complexity index is 572. The molecule has 2 fully saturated rings. The van der Waals surface area contributed by atoms with Crippen molar-refractivity contribution in [3.63, 3.8) is 0 Å². The monoisotopic (exact) mass is 313 g/mol. The number of aliphatic hydroxyl groups excluding tert-OH is 1. The zero-order valence-electron chi connectivity index (χ0n) is 14.0. The molecular weight excluding hydrogens is 286 g/mol. The number of benzene rings is 1. The smallest absolute Gasteiger partial charge is 0.101 e. The van der Waals surface area contributed by atoms with Crippen molar-refractivity contribution < 1.29 is 5.11 Å². The van der Waals surface area contributed by atoms with E-state index < -0.39 is 0 Å². The molecule has 1 aromatic carbocycles. The Morgan fingerprint density at radius 1 is 1.22 bits per heavy atom. The molecule has 1 aliphatic heterocycles. The molecule has 4 heteroatoms. The number of nitrogens with zero attached hydrogens (tertiary/aromatic N) is 2. The Morgan fingerprint density at radius 3 is 2.70 bits per heavy atom. The van der Waals surface area contributed by atoms with Gasteiger partial charge in [0.2, 0.25) is 0 Å². The lowest BCUT2D eigenvalue weighted by molar-refractivity contribution is 0.145. The van der Waals surface area contributed by atoms with Gasteiger partial charge in [-0.05, 0) is 49.8 Å². The molecule has 1 saturated heterocycles. The van der Waals surface area contributed by atoms with E-state index in [0.717, 1.165) is 48.8 Å². The number of anilines is 2. The lowest BCUT2D eigenvalue weighted by Crippen LogP contribution is -2.36. The lowest BCUT2D eigenvalue weighted by Gasteiger charge is -2.32. The van der Waals surface area contributed by atoms with Crippen LogP contribution in [0.2, 0.25) is 0 Å². The number of nitrogens with one attached hydrogen (secondary N) is 1. The second kappa shape index (κ2) is 7.23. The molecule has 3 rings (SSSR count). The van der Waals surface area contributed by atoms with Gasteiger partial charge >= 0.3 is 0 Å². The molecule has 124 valence electrons. The van der Waals surface area contributed by atoms with Crippen molar-refractivity contribution in [2.45, 2.75) is 57.6 Å². The molecule has 23 heavy (non-hydrogen) atoms. The standard InChI is InChI=1S/C19H27N3O/c1-14-3-2-4-16(11-14)21-17-5-6-19(15(12-17)13-20)22-9-7-18(23)8-10-22/h5-6,12,14,16,18,21,23H,2-4,7-11H2,1H3. The number of hydrogen-bond acceptors (Lipinski definition) is 4. The van der Waals surface area contributed by atoms with Crippen LogP contribution in [-0.4, -0.2) is 30.3 Å². The minimum Gasteiger partial charge on any atom is -0.393 e. The molecule has 2 atom stereocenters. The van der Waals surface area contributed by atoms with Gasteiger partial charge in [-0.15, -0.1) is 0 Å². The molecule has 1 saturated carbocycles. The van der Waals surface area contributed by atoms with Gasteiger partial charge in [0.15, 0.2) is 0 Å². The summed E-state index contributed by atoms with van der Waals surface area (Å²) in [4.78, 5) is 2.22. The van der Waals surface area contributed by atoms with E-state index in [0.29, 0.717) is 6.04 Å². The van der Waals surface area contributed by atoms with Gasteiger partial charge in [-0.1, -0.05) is 19.8 Å². The fraction of sp³-hybridized carbons (Fsp3) is 0.632. The minimum absolute atomic E-state index is 0.189. The minimum atomic E-state index is -0.189. The van der Waals surface area contributed by atoms with Crippen LogP contribution in [-0.2, 0) is 0 Å². The molecule has 1 aliphatic carbocycles. The Labute approximate surface area is 139 Å². The van der Waals surface area contributed by atoms with E-state index in [4.69, 9.17) is 0 Å². The fourth-order valence-corrected chi connectivity index (χ4v) is 3.90. The van der Waals surface area contributed by atoms with E-state index in [2.05, 4.69) is 35.3 Å².